The Kier molecular flexibility index (Phi) is 6.65. The average Bonchev–Trinajstić information content (AvgIpc) is 2.33. The van der Waals surface area contributed by atoms with E-state index < -0.39 is 0 Å². The summed E-state index contributed by atoms with van der Waals surface area (Å²) in [6, 6.07) is 0. The topological polar surface area (TPSA) is 47.6 Å². The molecule has 0 radical (unpaired) electrons. The van der Waals surface area contributed by atoms with Crippen LogP contribution in [-0.4, -0.2) is 32.5 Å². The number of nitrogens with one attached hydrogen (secondary N) is 1. The molecule has 4 nitrogen and oxygen atoms in total. The standard InChI is InChI=1S/C12H21NO3/c1-2-8-16-12(14)13-7-3-4-11-5-9-15-10-6-11/h2,11H,1,3-10H2,(H,13,14). The summed E-state index contributed by atoms with van der Waals surface area (Å²) < 4.78 is 10.1. The molecule has 92 valence electrons. The molecule has 1 rings (SSSR count). The number of carbonyl (C=O) groups is 1. The molecule has 0 aliphatic carbocycles. The van der Waals surface area contributed by atoms with E-state index in [2.05, 4.69) is 11.9 Å². The predicted octanol–water partition coefficient (Wildman–Crippen LogP) is 2.11. The SMILES string of the molecule is C=CCOC(=O)NCCCC1CCOCC1. The summed E-state index contributed by atoms with van der Waals surface area (Å²) in [5.74, 6) is 0.764. The molecule has 1 N–H and O–H groups in total. The van der Waals surface area contributed by atoms with E-state index in [-0.39, 0.29) is 12.7 Å². The van der Waals surface area contributed by atoms with Gasteiger partial charge in [0.05, 0.1) is 0 Å². The van der Waals surface area contributed by atoms with Gasteiger partial charge in [0.1, 0.15) is 6.61 Å². The second kappa shape index (κ2) is 8.16. The number of alkyl carbamates (subject to hydrolysis) is 1. The monoisotopic (exact) mass is 227 g/mol. The highest BCUT2D eigenvalue weighted by molar-refractivity contribution is 5.67. The minimum atomic E-state index is -0.355. The largest absolute Gasteiger partial charge is 0.445 e. The van der Waals surface area contributed by atoms with Crippen LogP contribution >= 0.6 is 0 Å². The molecule has 4 heteroatoms. The van der Waals surface area contributed by atoms with Crippen molar-refractivity contribution < 1.29 is 14.3 Å². The Balaban J connectivity index is 1.94. The van der Waals surface area contributed by atoms with Crippen molar-refractivity contribution in [1.82, 2.24) is 5.32 Å². The van der Waals surface area contributed by atoms with E-state index in [1.807, 2.05) is 0 Å². The van der Waals surface area contributed by atoms with Gasteiger partial charge in [-0.2, -0.15) is 0 Å². The number of amides is 1. The first-order valence-corrected chi connectivity index (χ1v) is 5.92. The van der Waals surface area contributed by atoms with Crippen LogP contribution in [0.15, 0.2) is 12.7 Å². The molecule has 0 unspecified atom stereocenters. The number of rotatable bonds is 6. The fourth-order valence-electron chi connectivity index (χ4n) is 1.80. The Morgan fingerprint density at radius 2 is 2.25 bits per heavy atom. The summed E-state index contributed by atoms with van der Waals surface area (Å²) in [4.78, 5) is 11.1. The van der Waals surface area contributed by atoms with Crippen LogP contribution in [0, 0.1) is 5.92 Å². The van der Waals surface area contributed by atoms with Gasteiger partial charge >= 0.3 is 6.09 Å². The number of carbonyl (C=O) groups excluding carboxylic acids is 1. The molecular formula is C12H21NO3. The van der Waals surface area contributed by atoms with E-state index in [4.69, 9.17) is 9.47 Å². The highest BCUT2D eigenvalue weighted by atomic mass is 16.5. The zero-order valence-electron chi connectivity index (χ0n) is 9.74. The van der Waals surface area contributed by atoms with Crippen LogP contribution in [0.25, 0.3) is 0 Å². The Morgan fingerprint density at radius 3 is 2.94 bits per heavy atom. The molecule has 0 spiro atoms. The molecule has 0 aromatic rings. The smallest absolute Gasteiger partial charge is 0.407 e. The molecule has 1 amide bonds. The summed E-state index contributed by atoms with van der Waals surface area (Å²) in [6.07, 6.45) is 5.68. The first kappa shape index (κ1) is 13.0. The average molecular weight is 227 g/mol. The second-order valence-corrected chi connectivity index (χ2v) is 4.01. The van der Waals surface area contributed by atoms with Gasteiger partial charge in [-0.3, -0.25) is 0 Å². The van der Waals surface area contributed by atoms with Crippen molar-refractivity contribution in [2.75, 3.05) is 26.4 Å². The van der Waals surface area contributed by atoms with Crippen LogP contribution in [0.1, 0.15) is 25.7 Å². The minimum Gasteiger partial charge on any atom is -0.445 e. The number of ether oxygens (including phenoxy) is 2. The maximum Gasteiger partial charge on any atom is 0.407 e. The molecule has 16 heavy (non-hydrogen) atoms. The van der Waals surface area contributed by atoms with Crippen molar-refractivity contribution in [3.63, 3.8) is 0 Å². The summed E-state index contributed by atoms with van der Waals surface area (Å²) >= 11 is 0. The molecule has 0 aromatic heterocycles. The summed E-state index contributed by atoms with van der Waals surface area (Å²) in [5.41, 5.74) is 0. The molecule has 1 aliphatic rings. The van der Waals surface area contributed by atoms with Gasteiger partial charge in [-0.05, 0) is 31.6 Å². The zero-order chi connectivity index (χ0) is 11.6. The summed E-state index contributed by atoms with van der Waals surface area (Å²) in [7, 11) is 0. The van der Waals surface area contributed by atoms with Crippen molar-refractivity contribution >= 4 is 6.09 Å². The predicted molar refractivity (Wildman–Crippen MR) is 62.3 cm³/mol. The minimum absolute atomic E-state index is 0.270. The maximum atomic E-state index is 11.1. The quantitative estimate of drug-likeness (QED) is 0.558. The highest BCUT2D eigenvalue weighted by Crippen LogP contribution is 2.19. The highest BCUT2D eigenvalue weighted by Gasteiger charge is 2.13. The third kappa shape index (κ3) is 5.75. The third-order valence-electron chi connectivity index (χ3n) is 2.73. The van der Waals surface area contributed by atoms with Gasteiger partial charge in [0.2, 0.25) is 0 Å². The molecule has 0 saturated carbocycles. The Morgan fingerprint density at radius 1 is 1.50 bits per heavy atom. The third-order valence-corrected chi connectivity index (χ3v) is 2.73. The van der Waals surface area contributed by atoms with E-state index in [1.54, 1.807) is 6.08 Å². The molecule has 1 saturated heterocycles. The first-order valence-electron chi connectivity index (χ1n) is 5.92. The summed E-state index contributed by atoms with van der Waals surface area (Å²) in [5, 5.41) is 2.72. The lowest BCUT2D eigenvalue weighted by Gasteiger charge is -2.21. The van der Waals surface area contributed by atoms with Gasteiger partial charge in [0, 0.05) is 19.8 Å². The molecule has 1 aliphatic heterocycles. The molecule has 0 bridgehead atoms. The maximum absolute atomic E-state index is 11.1. The van der Waals surface area contributed by atoms with E-state index in [0.29, 0.717) is 6.54 Å². The van der Waals surface area contributed by atoms with Crippen molar-refractivity contribution in [3.05, 3.63) is 12.7 Å². The van der Waals surface area contributed by atoms with Crippen LogP contribution in [0.4, 0.5) is 4.79 Å². The Labute approximate surface area is 97.0 Å². The lowest BCUT2D eigenvalue weighted by Crippen LogP contribution is -2.26. The van der Waals surface area contributed by atoms with Crippen LogP contribution < -0.4 is 5.32 Å². The van der Waals surface area contributed by atoms with Gasteiger partial charge in [0.15, 0.2) is 0 Å². The van der Waals surface area contributed by atoms with E-state index >= 15 is 0 Å². The van der Waals surface area contributed by atoms with Crippen molar-refractivity contribution in [2.45, 2.75) is 25.7 Å². The fourth-order valence-corrected chi connectivity index (χ4v) is 1.80. The Hall–Kier alpha value is -1.03. The zero-order valence-corrected chi connectivity index (χ0v) is 9.74. The molecule has 0 atom stereocenters. The van der Waals surface area contributed by atoms with Gasteiger partial charge in [0.25, 0.3) is 0 Å². The van der Waals surface area contributed by atoms with Gasteiger partial charge in [-0.15, -0.1) is 0 Å². The lowest BCUT2D eigenvalue weighted by atomic mass is 9.95. The lowest BCUT2D eigenvalue weighted by molar-refractivity contribution is 0.0632. The van der Waals surface area contributed by atoms with E-state index in [9.17, 15) is 4.79 Å². The Bertz CT molecular complexity index is 212. The molecule has 0 aromatic carbocycles. The molecule has 1 fully saturated rings. The van der Waals surface area contributed by atoms with E-state index in [1.165, 1.54) is 0 Å². The molecular weight excluding hydrogens is 206 g/mol. The number of hydrogen-bond donors (Lipinski definition) is 1. The van der Waals surface area contributed by atoms with Crippen LogP contribution in [0.5, 0.6) is 0 Å². The van der Waals surface area contributed by atoms with Crippen molar-refractivity contribution in [2.24, 2.45) is 5.92 Å². The molecule has 1 heterocycles. The van der Waals surface area contributed by atoms with Crippen molar-refractivity contribution in [1.29, 1.82) is 0 Å². The fraction of sp³-hybridized carbons (Fsp3) is 0.750. The number of hydrogen-bond acceptors (Lipinski definition) is 3. The second-order valence-electron chi connectivity index (χ2n) is 4.01. The van der Waals surface area contributed by atoms with E-state index in [0.717, 1.165) is 44.8 Å². The van der Waals surface area contributed by atoms with Gasteiger partial charge < -0.3 is 14.8 Å². The normalized spacial score (nSPS) is 16.8. The first-order chi connectivity index (χ1) is 7.83. The van der Waals surface area contributed by atoms with Gasteiger partial charge in [-0.1, -0.05) is 12.7 Å². The van der Waals surface area contributed by atoms with Crippen molar-refractivity contribution in [3.8, 4) is 0 Å². The van der Waals surface area contributed by atoms with Crippen LogP contribution in [-0.2, 0) is 9.47 Å². The summed E-state index contributed by atoms with van der Waals surface area (Å²) in [6.45, 7) is 6.21. The van der Waals surface area contributed by atoms with Crippen LogP contribution in [0.2, 0.25) is 0 Å². The van der Waals surface area contributed by atoms with Crippen LogP contribution in [0.3, 0.4) is 0 Å². The van der Waals surface area contributed by atoms with Gasteiger partial charge in [-0.25, -0.2) is 4.79 Å².